The van der Waals surface area contributed by atoms with Crippen LogP contribution in [0.5, 0.6) is 0 Å². The molecular formula is C17H18ClN3OS. The summed E-state index contributed by atoms with van der Waals surface area (Å²) in [6.07, 6.45) is 2.83. The maximum atomic E-state index is 12.7. The van der Waals surface area contributed by atoms with Crippen LogP contribution in [0.4, 0.5) is 0 Å². The average molecular weight is 348 g/mol. The Balaban J connectivity index is 0.00000156. The molecule has 0 unspecified atom stereocenters. The van der Waals surface area contributed by atoms with Crippen molar-refractivity contribution in [2.24, 2.45) is 0 Å². The molecule has 0 radical (unpaired) electrons. The highest BCUT2D eigenvalue weighted by atomic mass is 35.5. The van der Waals surface area contributed by atoms with E-state index in [-0.39, 0.29) is 18.3 Å². The molecule has 4 rings (SSSR count). The molecule has 120 valence electrons. The summed E-state index contributed by atoms with van der Waals surface area (Å²) in [6, 6.07) is 10.3. The lowest BCUT2D eigenvalue weighted by Gasteiger charge is -2.19. The average Bonchev–Trinajstić information content (AvgIpc) is 2.73. The third-order valence-corrected chi connectivity index (χ3v) is 5.23. The van der Waals surface area contributed by atoms with Gasteiger partial charge in [-0.25, -0.2) is 4.98 Å². The minimum absolute atomic E-state index is 0. The van der Waals surface area contributed by atoms with Gasteiger partial charge in [-0.15, -0.1) is 23.7 Å². The molecule has 0 bridgehead atoms. The Morgan fingerprint density at radius 1 is 1.13 bits per heavy atom. The van der Waals surface area contributed by atoms with Gasteiger partial charge in [-0.2, -0.15) is 0 Å². The number of fused-ring (bicyclic) bond motifs is 3. The van der Waals surface area contributed by atoms with Crippen LogP contribution in [0.2, 0.25) is 0 Å². The van der Waals surface area contributed by atoms with E-state index in [0.717, 1.165) is 42.7 Å². The molecule has 0 atom stereocenters. The number of halogens is 1. The summed E-state index contributed by atoms with van der Waals surface area (Å²) in [5, 5.41) is 5.66. The third kappa shape index (κ3) is 3.04. The summed E-state index contributed by atoms with van der Waals surface area (Å²) < 4.78 is 2.37. The molecule has 1 saturated heterocycles. The summed E-state index contributed by atoms with van der Waals surface area (Å²) in [4.78, 5) is 19.0. The molecule has 1 aromatic carbocycles. The fraction of sp³-hybridized carbons (Fsp3) is 0.294. The number of hydrogen-bond donors (Lipinski definition) is 1. The number of benzene rings is 1. The fourth-order valence-electron chi connectivity index (χ4n) is 2.96. The van der Waals surface area contributed by atoms with E-state index in [9.17, 15) is 4.79 Å². The normalized spacial score (nSPS) is 15.4. The van der Waals surface area contributed by atoms with Crippen LogP contribution in [-0.4, -0.2) is 42.0 Å². The third-order valence-electron chi connectivity index (χ3n) is 4.11. The molecule has 0 spiro atoms. The molecule has 3 heterocycles. The van der Waals surface area contributed by atoms with Crippen molar-refractivity contribution >= 4 is 49.8 Å². The standard InChI is InChI=1S/C17H17N3OS.ClH/c21-17(20-8-3-6-18-7-9-20)14-10-13-12-4-1-2-5-15(12)22-16(13)11-19-14;/h1-2,4-5,10-11,18H,3,6-9H2;1H. The first-order valence-corrected chi connectivity index (χ1v) is 8.42. The van der Waals surface area contributed by atoms with Gasteiger partial charge in [0.15, 0.2) is 0 Å². The Bertz CT molecular complexity index is 840. The van der Waals surface area contributed by atoms with Crippen molar-refractivity contribution < 1.29 is 4.79 Å². The number of carbonyl (C=O) groups excluding carboxylic acids is 1. The molecule has 1 amide bonds. The topological polar surface area (TPSA) is 45.2 Å². The Kier molecular flexibility index (Phi) is 4.80. The number of pyridine rings is 1. The van der Waals surface area contributed by atoms with Crippen molar-refractivity contribution in [1.82, 2.24) is 15.2 Å². The highest BCUT2D eigenvalue weighted by Crippen LogP contribution is 2.33. The van der Waals surface area contributed by atoms with Crippen LogP contribution in [0.15, 0.2) is 36.5 Å². The first-order valence-electron chi connectivity index (χ1n) is 7.60. The fourth-order valence-corrected chi connectivity index (χ4v) is 4.01. The number of amides is 1. The predicted octanol–water partition coefficient (Wildman–Crippen LogP) is 3.31. The molecule has 6 heteroatoms. The SMILES string of the molecule is Cl.O=C(c1cc2c(cn1)sc1ccccc12)N1CCCNCC1. The van der Waals surface area contributed by atoms with Gasteiger partial charge in [-0.1, -0.05) is 18.2 Å². The lowest BCUT2D eigenvalue weighted by Crippen LogP contribution is -2.34. The second kappa shape index (κ2) is 6.83. The molecule has 4 nitrogen and oxygen atoms in total. The van der Waals surface area contributed by atoms with E-state index in [4.69, 9.17) is 0 Å². The zero-order chi connectivity index (χ0) is 14.9. The van der Waals surface area contributed by atoms with Crippen LogP contribution in [0, 0.1) is 0 Å². The molecule has 1 aliphatic heterocycles. The van der Waals surface area contributed by atoms with E-state index in [1.54, 1.807) is 11.3 Å². The highest BCUT2D eigenvalue weighted by Gasteiger charge is 2.19. The van der Waals surface area contributed by atoms with Crippen molar-refractivity contribution in [3.63, 3.8) is 0 Å². The Morgan fingerprint density at radius 2 is 2.00 bits per heavy atom. The van der Waals surface area contributed by atoms with E-state index in [1.807, 2.05) is 29.3 Å². The lowest BCUT2D eigenvalue weighted by molar-refractivity contribution is 0.0761. The quantitative estimate of drug-likeness (QED) is 0.734. The van der Waals surface area contributed by atoms with Gasteiger partial charge < -0.3 is 10.2 Å². The molecule has 0 aliphatic carbocycles. The van der Waals surface area contributed by atoms with Crippen LogP contribution in [0.1, 0.15) is 16.9 Å². The first-order chi connectivity index (χ1) is 10.8. The zero-order valence-corrected chi connectivity index (χ0v) is 14.3. The van der Waals surface area contributed by atoms with E-state index in [1.165, 1.54) is 10.1 Å². The second-order valence-electron chi connectivity index (χ2n) is 5.56. The van der Waals surface area contributed by atoms with Crippen LogP contribution < -0.4 is 5.32 Å². The second-order valence-corrected chi connectivity index (χ2v) is 6.64. The summed E-state index contributed by atoms with van der Waals surface area (Å²) in [6.45, 7) is 3.39. The van der Waals surface area contributed by atoms with Gasteiger partial charge in [0.1, 0.15) is 5.69 Å². The number of aromatic nitrogens is 1. The minimum Gasteiger partial charge on any atom is -0.336 e. The Labute approximate surface area is 144 Å². The molecule has 1 aliphatic rings. The molecular weight excluding hydrogens is 330 g/mol. The minimum atomic E-state index is 0. The molecule has 2 aromatic heterocycles. The first kappa shape index (κ1) is 16.2. The Hall–Kier alpha value is -1.69. The molecule has 1 fully saturated rings. The van der Waals surface area contributed by atoms with Crippen molar-refractivity contribution in [2.45, 2.75) is 6.42 Å². The monoisotopic (exact) mass is 347 g/mol. The van der Waals surface area contributed by atoms with E-state index in [0.29, 0.717) is 5.69 Å². The van der Waals surface area contributed by atoms with Gasteiger partial charge in [-0.3, -0.25) is 4.79 Å². The predicted molar refractivity (Wildman–Crippen MR) is 97.8 cm³/mol. The van der Waals surface area contributed by atoms with Crippen LogP contribution >= 0.6 is 23.7 Å². The van der Waals surface area contributed by atoms with Crippen molar-refractivity contribution in [1.29, 1.82) is 0 Å². The van der Waals surface area contributed by atoms with Gasteiger partial charge >= 0.3 is 0 Å². The summed E-state index contributed by atoms with van der Waals surface area (Å²) >= 11 is 1.72. The van der Waals surface area contributed by atoms with Crippen LogP contribution in [0.3, 0.4) is 0 Å². The number of nitrogens with zero attached hydrogens (tertiary/aromatic N) is 2. The summed E-state index contributed by atoms with van der Waals surface area (Å²) in [5.74, 6) is 0.0425. The maximum absolute atomic E-state index is 12.7. The van der Waals surface area contributed by atoms with Gasteiger partial charge in [0.25, 0.3) is 5.91 Å². The maximum Gasteiger partial charge on any atom is 0.272 e. The summed E-state index contributed by atoms with van der Waals surface area (Å²) in [5.41, 5.74) is 0.554. The molecule has 0 saturated carbocycles. The van der Waals surface area contributed by atoms with Crippen LogP contribution in [0.25, 0.3) is 20.2 Å². The smallest absolute Gasteiger partial charge is 0.272 e. The van der Waals surface area contributed by atoms with Gasteiger partial charge in [0.05, 0.1) is 4.70 Å². The Morgan fingerprint density at radius 3 is 2.91 bits per heavy atom. The van der Waals surface area contributed by atoms with E-state index in [2.05, 4.69) is 22.4 Å². The van der Waals surface area contributed by atoms with Crippen LogP contribution in [-0.2, 0) is 0 Å². The zero-order valence-electron chi connectivity index (χ0n) is 12.6. The van der Waals surface area contributed by atoms with E-state index >= 15 is 0 Å². The van der Waals surface area contributed by atoms with E-state index < -0.39 is 0 Å². The largest absolute Gasteiger partial charge is 0.336 e. The molecule has 3 aromatic rings. The number of thiophene rings is 1. The number of nitrogens with one attached hydrogen (secondary N) is 1. The van der Waals surface area contributed by atoms with Crippen molar-refractivity contribution in [3.8, 4) is 0 Å². The summed E-state index contributed by atoms with van der Waals surface area (Å²) in [7, 11) is 0. The van der Waals surface area contributed by atoms with Crippen molar-refractivity contribution in [3.05, 3.63) is 42.2 Å². The number of carbonyl (C=O) groups is 1. The molecule has 23 heavy (non-hydrogen) atoms. The number of rotatable bonds is 1. The lowest BCUT2D eigenvalue weighted by atomic mass is 10.1. The number of hydrogen-bond acceptors (Lipinski definition) is 4. The van der Waals surface area contributed by atoms with Gasteiger partial charge in [0, 0.05) is 41.3 Å². The van der Waals surface area contributed by atoms with Gasteiger partial charge in [0.2, 0.25) is 0 Å². The van der Waals surface area contributed by atoms with Crippen molar-refractivity contribution in [2.75, 3.05) is 26.2 Å². The highest BCUT2D eigenvalue weighted by molar-refractivity contribution is 7.25. The molecule has 1 N–H and O–H groups in total. The van der Waals surface area contributed by atoms with Gasteiger partial charge in [-0.05, 0) is 25.1 Å².